The first-order valence-electron chi connectivity index (χ1n) is 5.71. The fourth-order valence-corrected chi connectivity index (χ4v) is 1.58. The van der Waals surface area contributed by atoms with Crippen LogP contribution in [-0.2, 0) is 12.7 Å². The fourth-order valence-electron chi connectivity index (χ4n) is 1.58. The molecule has 102 valence electrons. The molecule has 0 aromatic heterocycles. The molecule has 0 aliphatic rings. The predicted octanol–water partition coefficient (Wildman–Crippen LogP) is 2.67. The Morgan fingerprint density at radius 3 is 2.50 bits per heavy atom. The highest BCUT2D eigenvalue weighted by Crippen LogP contribution is 2.32. The quantitative estimate of drug-likeness (QED) is 0.612. The third-order valence-corrected chi connectivity index (χ3v) is 2.50. The number of hydrogen-bond donors (Lipinski definition) is 2. The average Bonchev–Trinajstić information content (AvgIpc) is 2.29. The third-order valence-electron chi connectivity index (χ3n) is 2.50. The molecule has 0 atom stereocenters. The maximum atomic E-state index is 12.8. The van der Waals surface area contributed by atoms with Gasteiger partial charge >= 0.3 is 6.18 Å². The number of rotatable bonds is 6. The van der Waals surface area contributed by atoms with E-state index in [2.05, 4.69) is 5.32 Å². The Bertz CT molecular complexity index is 377. The van der Waals surface area contributed by atoms with Gasteiger partial charge in [0, 0.05) is 6.54 Å². The second kappa shape index (κ2) is 6.70. The van der Waals surface area contributed by atoms with Crippen molar-refractivity contribution in [3.63, 3.8) is 0 Å². The van der Waals surface area contributed by atoms with E-state index in [9.17, 15) is 17.6 Å². The van der Waals surface area contributed by atoms with Crippen LogP contribution < -0.4 is 11.1 Å². The molecule has 0 saturated carbocycles. The molecule has 0 aliphatic carbocycles. The van der Waals surface area contributed by atoms with Crippen LogP contribution in [0.3, 0.4) is 0 Å². The minimum atomic E-state index is -4.53. The molecule has 0 radical (unpaired) electrons. The molecule has 18 heavy (non-hydrogen) atoms. The van der Waals surface area contributed by atoms with Crippen LogP contribution in [0, 0.1) is 5.82 Å². The summed E-state index contributed by atoms with van der Waals surface area (Å²) in [5, 5.41) is 2.89. The molecule has 0 heterocycles. The SMILES string of the molecule is NCCCCNCc1ccc(F)cc1C(F)(F)F. The Hall–Kier alpha value is -1.14. The number of alkyl halides is 3. The first kappa shape index (κ1) is 14.9. The zero-order chi connectivity index (χ0) is 13.6. The Morgan fingerprint density at radius 1 is 1.17 bits per heavy atom. The molecule has 6 heteroatoms. The van der Waals surface area contributed by atoms with Crippen molar-refractivity contribution in [1.29, 1.82) is 0 Å². The monoisotopic (exact) mass is 264 g/mol. The lowest BCUT2D eigenvalue weighted by molar-refractivity contribution is -0.138. The lowest BCUT2D eigenvalue weighted by Gasteiger charge is -2.13. The van der Waals surface area contributed by atoms with E-state index in [1.807, 2.05) is 0 Å². The Labute approximate surface area is 103 Å². The van der Waals surface area contributed by atoms with E-state index in [0.717, 1.165) is 25.0 Å². The molecule has 2 nitrogen and oxygen atoms in total. The van der Waals surface area contributed by atoms with Gasteiger partial charge in [-0.05, 0) is 43.6 Å². The number of benzene rings is 1. The minimum absolute atomic E-state index is 0.0525. The van der Waals surface area contributed by atoms with Crippen LogP contribution in [0.4, 0.5) is 17.6 Å². The zero-order valence-electron chi connectivity index (χ0n) is 9.86. The van der Waals surface area contributed by atoms with Crippen LogP contribution in [-0.4, -0.2) is 13.1 Å². The van der Waals surface area contributed by atoms with E-state index < -0.39 is 17.6 Å². The third kappa shape index (κ3) is 4.62. The van der Waals surface area contributed by atoms with Crippen molar-refractivity contribution in [2.75, 3.05) is 13.1 Å². The molecule has 0 amide bonds. The van der Waals surface area contributed by atoms with Gasteiger partial charge in [-0.3, -0.25) is 0 Å². The van der Waals surface area contributed by atoms with E-state index in [0.29, 0.717) is 19.2 Å². The Kier molecular flexibility index (Phi) is 5.55. The summed E-state index contributed by atoms with van der Waals surface area (Å²) in [5.74, 6) is -0.880. The molecule has 0 fully saturated rings. The molecule has 0 unspecified atom stereocenters. The highest BCUT2D eigenvalue weighted by molar-refractivity contribution is 5.30. The number of halogens is 4. The van der Waals surface area contributed by atoms with Crippen LogP contribution >= 0.6 is 0 Å². The van der Waals surface area contributed by atoms with Crippen molar-refractivity contribution in [1.82, 2.24) is 5.32 Å². The van der Waals surface area contributed by atoms with Crippen LogP contribution in [0.2, 0.25) is 0 Å². The first-order valence-corrected chi connectivity index (χ1v) is 5.71. The maximum Gasteiger partial charge on any atom is 0.416 e. The minimum Gasteiger partial charge on any atom is -0.330 e. The molecular formula is C12H16F4N2. The Morgan fingerprint density at radius 2 is 1.89 bits per heavy atom. The van der Waals surface area contributed by atoms with Gasteiger partial charge in [-0.15, -0.1) is 0 Å². The number of nitrogens with one attached hydrogen (secondary N) is 1. The van der Waals surface area contributed by atoms with Gasteiger partial charge < -0.3 is 11.1 Å². The molecule has 1 aromatic rings. The van der Waals surface area contributed by atoms with Crippen molar-refractivity contribution in [2.45, 2.75) is 25.6 Å². The fraction of sp³-hybridized carbons (Fsp3) is 0.500. The van der Waals surface area contributed by atoms with E-state index in [4.69, 9.17) is 5.73 Å². The first-order chi connectivity index (χ1) is 8.45. The lowest BCUT2D eigenvalue weighted by Crippen LogP contribution is -2.19. The summed E-state index contributed by atoms with van der Waals surface area (Å²) in [6, 6.07) is 2.72. The molecule has 1 rings (SSSR count). The standard InChI is InChI=1S/C12H16F4N2/c13-10-4-3-9(8-18-6-2-1-5-17)11(7-10)12(14,15)16/h3-4,7,18H,1-2,5-6,8,17H2. The van der Waals surface area contributed by atoms with Crippen molar-refractivity contribution in [3.05, 3.63) is 35.1 Å². The van der Waals surface area contributed by atoms with E-state index in [1.54, 1.807) is 0 Å². The summed E-state index contributed by atoms with van der Waals surface area (Å²) in [6.07, 6.45) is -2.90. The normalized spacial score (nSPS) is 11.8. The summed E-state index contributed by atoms with van der Waals surface area (Å²) < 4.78 is 50.8. The molecule has 0 saturated heterocycles. The summed E-state index contributed by atoms with van der Waals surface area (Å²) in [6.45, 7) is 1.22. The molecule has 0 aliphatic heterocycles. The smallest absolute Gasteiger partial charge is 0.330 e. The molecule has 0 spiro atoms. The van der Waals surface area contributed by atoms with Crippen LogP contribution in [0.15, 0.2) is 18.2 Å². The van der Waals surface area contributed by atoms with E-state index in [-0.39, 0.29) is 12.1 Å². The highest BCUT2D eigenvalue weighted by atomic mass is 19.4. The van der Waals surface area contributed by atoms with Gasteiger partial charge in [-0.1, -0.05) is 6.07 Å². The van der Waals surface area contributed by atoms with Crippen molar-refractivity contribution in [3.8, 4) is 0 Å². The Balaban J connectivity index is 2.65. The lowest BCUT2D eigenvalue weighted by atomic mass is 10.1. The van der Waals surface area contributed by atoms with Gasteiger partial charge in [0.25, 0.3) is 0 Å². The van der Waals surface area contributed by atoms with Gasteiger partial charge in [0.1, 0.15) is 5.82 Å². The van der Waals surface area contributed by atoms with Crippen molar-refractivity contribution >= 4 is 0 Å². The van der Waals surface area contributed by atoms with Gasteiger partial charge in [0.15, 0.2) is 0 Å². The zero-order valence-corrected chi connectivity index (χ0v) is 9.86. The molecule has 3 N–H and O–H groups in total. The summed E-state index contributed by atoms with van der Waals surface area (Å²) in [4.78, 5) is 0. The maximum absolute atomic E-state index is 12.8. The summed E-state index contributed by atoms with van der Waals surface area (Å²) >= 11 is 0. The number of hydrogen-bond acceptors (Lipinski definition) is 2. The summed E-state index contributed by atoms with van der Waals surface area (Å²) in [5.41, 5.74) is 4.43. The molecular weight excluding hydrogens is 248 g/mol. The number of unbranched alkanes of at least 4 members (excludes halogenated alkanes) is 1. The van der Waals surface area contributed by atoms with Crippen molar-refractivity contribution < 1.29 is 17.6 Å². The highest BCUT2D eigenvalue weighted by Gasteiger charge is 2.33. The molecule has 0 bridgehead atoms. The van der Waals surface area contributed by atoms with Gasteiger partial charge in [-0.25, -0.2) is 4.39 Å². The van der Waals surface area contributed by atoms with Gasteiger partial charge in [0.05, 0.1) is 5.56 Å². The van der Waals surface area contributed by atoms with E-state index in [1.165, 1.54) is 0 Å². The second-order valence-corrected chi connectivity index (χ2v) is 3.97. The largest absolute Gasteiger partial charge is 0.416 e. The predicted molar refractivity (Wildman–Crippen MR) is 61.4 cm³/mol. The van der Waals surface area contributed by atoms with Crippen LogP contribution in [0.25, 0.3) is 0 Å². The topological polar surface area (TPSA) is 38.0 Å². The van der Waals surface area contributed by atoms with Gasteiger partial charge in [0.2, 0.25) is 0 Å². The van der Waals surface area contributed by atoms with Crippen LogP contribution in [0.1, 0.15) is 24.0 Å². The summed E-state index contributed by atoms with van der Waals surface area (Å²) in [7, 11) is 0. The van der Waals surface area contributed by atoms with Crippen LogP contribution in [0.5, 0.6) is 0 Å². The van der Waals surface area contributed by atoms with E-state index >= 15 is 0 Å². The van der Waals surface area contributed by atoms with Crippen molar-refractivity contribution in [2.24, 2.45) is 5.73 Å². The average molecular weight is 264 g/mol. The molecule has 1 aromatic carbocycles. The second-order valence-electron chi connectivity index (χ2n) is 3.97. The number of nitrogens with two attached hydrogens (primary N) is 1. The van der Waals surface area contributed by atoms with Gasteiger partial charge in [-0.2, -0.15) is 13.2 Å².